The van der Waals surface area contributed by atoms with E-state index in [-0.39, 0.29) is 50.2 Å². The van der Waals surface area contributed by atoms with Gasteiger partial charge >= 0.3 is 5.97 Å². The Morgan fingerprint density at radius 1 is 0.805 bits per heavy atom. The van der Waals surface area contributed by atoms with Gasteiger partial charge in [0.15, 0.2) is 6.10 Å². The maximum Gasteiger partial charge on any atom is 0.338 e. The summed E-state index contributed by atoms with van der Waals surface area (Å²) in [7, 11) is 0. The maximum atomic E-state index is 13.3. The SMILES string of the molecule is C[C@H](OC(=O)c1ccc(N2C(=O)c3cccc4c([N+](=O)[O-])ccc(c34)C2=O)cc1)C(=O)Nc1ccccc1[N+](=O)[O-]. The largest absolute Gasteiger partial charge is 0.449 e. The Morgan fingerprint density at radius 3 is 2.10 bits per heavy atom. The van der Waals surface area contributed by atoms with Gasteiger partial charge in [-0.2, -0.15) is 0 Å². The van der Waals surface area contributed by atoms with Gasteiger partial charge in [0, 0.05) is 28.6 Å². The van der Waals surface area contributed by atoms with Crippen LogP contribution in [0.25, 0.3) is 10.8 Å². The van der Waals surface area contributed by atoms with E-state index in [1.807, 2.05) is 0 Å². The topological polar surface area (TPSA) is 179 Å². The summed E-state index contributed by atoms with van der Waals surface area (Å²) in [4.78, 5) is 74.0. The van der Waals surface area contributed by atoms with Crippen molar-refractivity contribution >= 4 is 57.2 Å². The quantitative estimate of drug-likeness (QED) is 0.147. The van der Waals surface area contributed by atoms with Crippen LogP contribution in [0.2, 0.25) is 0 Å². The van der Waals surface area contributed by atoms with Crippen molar-refractivity contribution in [2.75, 3.05) is 10.2 Å². The zero-order chi connectivity index (χ0) is 29.4. The van der Waals surface area contributed by atoms with Crippen LogP contribution >= 0.6 is 0 Å². The Morgan fingerprint density at radius 2 is 1.44 bits per heavy atom. The predicted molar refractivity (Wildman–Crippen MR) is 145 cm³/mol. The zero-order valence-electron chi connectivity index (χ0n) is 21.1. The fourth-order valence-electron chi connectivity index (χ4n) is 4.48. The molecule has 0 fully saturated rings. The van der Waals surface area contributed by atoms with Crippen molar-refractivity contribution in [2.45, 2.75) is 13.0 Å². The molecule has 0 bridgehead atoms. The third-order valence-electron chi connectivity index (χ3n) is 6.45. The minimum atomic E-state index is -1.31. The van der Waals surface area contributed by atoms with E-state index in [1.165, 1.54) is 85.8 Å². The second-order valence-corrected chi connectivity index (χ2v) is 8.92. The fourth-order valence-corrected chi connectivity index (χ4v) is 4.48. The molecule has 1 heterocycles. The van der Waals surface area contributed by atoms with Crippen molar-refractivity contribution in [3.63, 3.8) is 0 Å². The molecule has 0 saturated heterocycles. The van der Waals surface area contributed by atoms with Crippen LogP contribution in [0, 0.1) is 20.2 Å². The molecule has 1 aliphatic rings. The molecular formula is C28H18N4O9. The van der Waals surface area contributed by atoms with E-state index in [0.717, 1.165) is 4.90 Å². The summed E-state index contributed by atoms with van der Waals surface area (Å²) in [6.45, 7) is 1.30. The molecule has 1 aliphatic heterocycles. The molecule has 0 unspecified atom stereocenters. The number of ether oxygens (including phenoxy) is 1. The number of hydrogen-bond donors (Lipinski definition) is 1. The molecule has 0 radical (unpaired) electrons. The smallest absolute Gasteiger partial charge is 0.338 e. The molecule has 4 aromatic rings. The van der Waals surface area contributed by atoms with E-state index in [2.05, 4.69) is 5.32 Å². The van der Waals surface area contributed by atoms with Gasteiger partial charge in [0.05, 0.1) is 26.5 Å². The number of carbonyl (C=O) groups excluding carboxylic acids is 4. The lowest BCUT2D eigenvalue weighted by Crippen LogP contribution is -2.40. The van der Waals surface area contributed by atoms with Crippen LogP contribution < -0.4 is 10.2 Å². The van der Waals surface area contributed by atoms with Gasteiger partial charge in [-0.15, -0.1) is 0 Å². The molecule has 0 aromatic heterocycles. The molecule has 1 atom stereocenters. The summed E-state index contributed by atoms with van der Waals surface area (Å²) in [6.07, 6.45) is -1.31. The van der Waals surface area contributed by atoms with Crippen LogP contribution in [-0.4, -0.2) is 39.6 Å². The summed E-state index contributed by atoms with van der Waals surface area (Å²) in [5.41, 5.74) is -0.238. The molecule has 1 N–H and O–H groups in total. The van der Waals surface area contributed by atoms with Crippen LogP contribution in [-0.2, 0) is 9.53 Å². The Bertz CT molecular complexity index is 1780. The Balaban J connectivity index is 1.33. The van der Waals surface area contributed by atoms with Crippen molar-refractivity contribution in [3.05, 3.63) is 116 Å². The molecular weight excluding hydrogens is 536 g/mol. The van der Waals surface area contributed by atoms with Crippen LogP contribution in [0.1, 0.15) is 38.0 Å². The van der Waals surface area contributed by atoms with E-state index < -0.39 is 39.6 Å². The number of imide groups is 1. The predicted octanol–water partition coefficient (Wildman–Crippen LogP) is 4.64. The average Bonchev–Trinajstić information content (AvgIpc) is 2.96. The summed E-state index contributed by atoms with van der Waals surface area (Å²) in [5, 5.41) is 25.3. The fraction of sp³-hybridized carbons (Fsp3) is 0.0714. The lowest BCUT2D eigenvalue weighted by atomic mass is 9.92. The lowest BCUT2D eigenvalue weighted by molar-refractivity contribution is -0.384. The monoisotopic (exact) mass is 554 g/mol. The first-order valence-electron chi connectivity index (χ1n) is 12.0. The van der Waals surface area contributed by atoms with Crippen molar-refractivity contribution in [1.82, 2.24) is 0 Å². The highest BCUT2D eigenvalue weighted by Crippen LogP contribution is 2.37. The van der Waals surface area contributed by atoms with Gasteiger partial charge in [-0.05, 0) is 55.5 Å². The Hall–Kier alpha value is -5.98. The molecule has 0 saturated carbocycles. The summed E-state index contributed by atoms with van der Waals surface area (Å²) >= 11 is 0. The number of rotatable bonds is 7. The highest BCUT2D eigenvalue weighted by Gasteiger charge is 2.35. The van der Waals surface area contributed by atoms with Crippen molar-refractivity contribution in [3.8, 4) is 0 Å². The van der Waals surface area contributed by atoms with Crippen molar-refractivity contribution < 1.29 is 33.8 Å². The number of esters is 1. The number of nitrogens with one attached hydrogen (secondary N) is 1. The van der Waals surface area contributed by atoms with E-state index in [4.69, 9.17) is 4.74 Å². The number of anilines is 2. The second-order valence-electron chi connectivity index (χ2n) is 8.92. The Kier molecular flexibility index (Phi) is 6.69. The van der Waals surface area contributed by atoms with Gasteiger partial charge in [-0.3, -0.25) is 34.6 Å². The van der Waals surface area contributed by atoms with Gasteiger partial charge < -0.3 is 10.1 Å². The van der Waals surface area contributed by atoms with Crippen molar-refractivity contribution in [1.29, 1.82) is 0 Å². The molecule has 0 spiro atoms. The minimum Gasteiger partial charge on any atom is -0.449 e. The Labute approximate surface area is 230 Å². The van der Waals surface area contributed by atoms with Crippen LogP contribution in [0.15, 0.2) is 78.9 Å². The van der Waals surface area contributed by atoms with E-state index in [0.29, 0.717) is 0 Å². The molecule has 5 rings (SSSR count). The third-order valence-corrected chi connectivity index (χ3v) is 6.45. The molecule has 0 aliphatic carbocycles. The molecule has 13 heteroatoms. The van der Waals surface area contributed by atoms with Gasteiger partial charge in [0.2, 0.25) is 0 Å². The van der Waals surface area contributed by atoms with Gasteiger partial charge in [0.25, 0.3) is 29.1 Å². The van der Waals surface area contributed by atoms with Crippen LogP contribution in [0.4, 0.5) is 22.7 Å². The number of amides is 3. The van der Waals surface area contributed by atoms with Gasteiger partial charge in [0.1, 0.15) is 5.69 Å². The third kappa shape index (κ3) is 4.71. The summed E-state index contributed by atoms with van der Waals surface area (Å²) < 4.78 is 5.19. The van der Waals surface area contributed by atoms with Crippen molar-refractivity contribution in [2.24, 2.45) is 0 Å². The number of carbonyl (C=O) groups is 4. The number of non-ortho nitro benzene ring substituents is 1. The first kappa shape index (κ1) is 26.6. The lowest BCUT2D eigenvalue weighted by Gasteiger charge is -2.27. The van der Waals surface area contributed by atoms with E-state index in [1.54, 1.807) is 0 Å². The highest BCUT2D eigenvalue weighted by atomic mass is 16.6. The number of nitro groups is 2. The van der Waals surface area contributed by atoms with E-state index >= 15 is 0 Å². The summed E-state index contributed by atoms with van der Waals surface area (Å²) in [5.74, 6) is -3.06. The van der Waals surface area contributed by atoms with Gasteiger partial charge in [-0.25, -0.2) is 9.69 Å². The van der Waals surface area contributed by atoms with Gasteiger partial charge in [-0.1, -0.05) is 18.2 Å². The molecule has 204 valence electrons. The molecule has 3 amide bonds. The zero-order valence-corrected chi connectivity index (χ0v) is 21.1. The standard InChI is InChI=1S/C28H18N4O9/c1-15(25(33)29-21-7-2-3-8-23(21)32(39)40)41-28(36)16-9-11-17(12-10-16)30-26(34)19-6-4-5-18-22(31(37)38)14-13-20(24(18)19)27(30)35/h2-15H,1H3,(H,29,33)/t15-/m0/s1. The molecule has 4 aromatic carbocycles. The normalized spacial score (nSPS) is 13.0. The molecule has 13 nitrogen and oxygen atoms in total. The first-order chi connectivity index (χ1) is 19.6. The van der Waals surface area contributed by atoms with E-state index in [9.17, 15) is 39.4 Å². The number of nitrogens with zero attached hydrogens (tertiary/aromatic N) is 3. The average molecular weight is 554 g/mol. The number of para-hydroxylation sites is 2. The number of nitro benzene ring substituents is 2. The first-order valence-corrected chi connectivity index (χ1v) is 12.0. The second kappa shape index (κ2) is 10.3. The number of hydrogen-bond acceptors (Lipinski definition) is 9. The summed E-state index contributed by atoms with van der Waals surface area (Å²) in [6, 6.07) is 17.7. The van der Waals surface area contributed by atoms with Crippen LogP contribution in [0.5, 0.6) is 0 Å². The minimum absolute atomic E-state index is 0.00845. The van der Waals surface area contributed by atoms with Crippen LogP contribution in [0.3, 0.4) is 0 Å². The molecule has 41 heavy (non-hydrogen) atoms. The number of benzene rings is 4. The maximum absolute atomic E-state index is 13.3. The highest BCUT2D eigenvalue weighted by molar-refractivity contribution is 6.36.